The lowest BCUT2D eigenvalue weighted by atomic mass is 10.0. The molecule has 0 bridgehead atoms. The lowest BCUT2D eigenvalue weighted by Gasteiger charge is -2.15. The topological polar surface area (TPSA) is 142 Å². The fourth-order valence-corrected chi connectivity index (χ4v) is 6.84. The van der Waals surface area contributed by atoms with E-state index in [0.717, 1.165) is 51.4 Å². The van der Waals surface area contributed by atoms with Crippen LogP contribution in [0.5, 0.6) is 0 Å². The zero-order valence-electron chi connectivity index (χ0n) is 36.1. The number of amides is 2. The highest BCUT2D eigenvalue weighted by molar-refractivity contribution is 5.87. The van der Waals surface area contributed by atoms with Crippen LogP contribution < -0.4 is 10.6 Å². The summed E-state index contributed by atoms with van der Waals surface area (Å²) in [6.45, 7) is 3.44. The molecule has 4 N–H and O–H groups in total. The van der Waals surface area contributed by atoms with E-state index in [1.807, 2.05) is 6.08 Å². The summed E-state index contributed by atoms with van der Waals surface area (Å²) in [5.41, 5.74) is 0. The summed E-state index contributed by atoms with van der Waals surface area (Å²) in [5.74, 6) is -2.41. The Labute approximate surface area is 343 Å². The molecule has 2 atom stereocenters. The van der Waals surface area contributed by atoms with E-state index in [9.17, 15) is 19.2 Å². The molecule has 0 aliphatic carbocycles. The van der Waals surface area contributed by atoms with Gasteiger partial charge in [0, 0.05) is 12.8 Å². The minimum atomic E-state index is -1.39. The van der Waals surface area contributed by atoms with Gasteiger partial charge < -0.3 is 25.6 Å². The number of carboxylic acid groups (broad SMARTS) is 1. The number of aliphatic hydroxyl groups is 1. The van der Waals surface area contributed by atoms with Crippen molar-refractivity contribution in [1.82, 2.24) is 10.6 Å². The number of unbranched alkanes of at least 4 members (excludes halogenated alkanes) is 26. The number of ether oxygens (including phenoxy) is 1. The maximum Gasteiger partial charge on any atom is 0.328 e. The van der Waals surface area contributed by atoms with Gasteiger partial charge in [-0.15, -0.1) is 0 Å². The molecule has 0 radical (unpaired) electrons. The number of hydrogen-bond acceptors (Lipinski definition) is 6. The van der Waals surface area contributed by atoms with Crippen LogP contribution in [0.3, 0.4) is 0 Å². The summed E-state index contributed by atoms with van der Waals surface area (Å²) in [6, 6.07) is -1.39. The van der Waals surface area contributed by atoms with Crippen LogP contribution in [0.1, 0.15) is 226 Å². The summed E-state index contributed by atoms with van der Waals surface area (Å²) < 4.78 is 5.91. The first-order chi connectivity index (χ1) is 27.3. The lowest BCUT2D eigenvalue weighted by Crippen LogP contribution is -2.47. The van der Waals surface area contributed by atoms with E-state index in [1.54, 1.807) is 0 Å². The highest BCUT2D eigenvalue weighted by Crippen LogP contribution is 2.17. The number of carboxylic acids is 1. The first kappa shape index (κ1) is 53.3. The van der Waals surface area contributed by atoms with E-state index in [0.29, 0.717) is 12.8 Å². The van der Waals surface area contributed by atoms with Gasteiger partial charge in [-0.25, -0.2) is 4.79 Å². The third-order valence-electron chi connectivity index (χ3n) is 10.4. The molecule has 0 aliphatic rings. The maximum atomic E-state index is 12.8. The van der Waals surface area contributed by atoms with Gasteiger partial charge in [-0.3, -0.25) is 14.4 Å². The standard InChI is InChI=1S/C47H86N2O7/c1-3-5-7-9-11-13-14-15-16-17-18-19-20-21-22-23-25-27-29-35-39-46(53)56-42(36-32-28-26-24-12-10-8-6-4-2)37-33-30-31-34-38-44(51)48-40-45(52)49-43(41-50)47(54)55/h24,26,32,36,42-43,50H,3-23,25,27-31,33-35,37-41H2,1-2H3,(H,48,51)(H,49,52)(H,54,55)/b26-24-,36-32-. The molecule has 2 unspecified atom stereocenters. The minimum Gasteiger partial charge on any atom is -0.480 e. The molecule has 326 valence electrons. The molecule has 0 aromatic rings. The normalized spacial score (nSPS) is 12.6. The number of aliphatic hydroxyl groups excluding tert-OH is 1. The molecule has 0 aliphatic heterocycles. The number of carbonyl (C=O) groups excluding carboxylic acids is 3. The summed E-state index contributed by atoms with van der Waals surface area (Å²) in [7, 11) is 0. The van der Waals surface area contributed by atoms with Gasteiger partial charge in [-0.2, -0.15) is 0 Å². The summed E-state index contributed by atoms with van der Waals surface area (Å²) in [6.07, 6.45) is 46.6. The number of esters is 1. The summed E-state index contributed by atoms with van der Waals surface area (Å²) in [4.78, 5) is 47.6. The Morgan fingerprint density at radius 2 is 1.02 bits per heavy atom. The van der Waals surface area contributed by atoms with Crippen molar-refractivity contribution in [3.05, 3.63) is 24.3 Å². The Balaban J connectivity index is 4.19. The zero-order valence-corrected chi connectivity index (χ0v) is 36.1. The molecule has 9 nitrogen and oxygen atoms in total. The number of nitrogens with one attached hydrogen (secondary N) is 2. The van der Waals surface area contributed by atoms with Crippen LogP contribution in [-0.2, 0) is 23.9 Å². The van der Waals surface area contributed by atoms with Crippen molar-refractivity contribution in [2.45, 2.75) is 238 Å². The van der Waals surface area contributed by atoms with Crippen molar-refractivity contribution in [2.75, 3.05) is 13.2 Å². The van der Waals surface area contributed by atoms with Crippen LogP contribution >= 0.6 is 0 Å². The second-order valence-electron chi connectivity index (χ2n) is 15.9. The Kier molecular flexibility index (Phi) is 39.9. The third-order valence-corrected chi connectivity index (χ3v) is 10.4. The first-order valence-corrected chi connectivity index (χ1v) is 23.2. The molecule has 9 heteroatoms. The molecule has 0 fully saturated rings. The second-order valence-corrected chi connectivity index (χ2v) is 15.9. The lowest BCUT2D eigenvalue weighted by molar-refractivity contribution is -0.147. The first-order valence-electron chi connectivity index (χ1n) is 23.2. The Morgan fingerprint density at radius 3 is 1.52 bits per heavy atom. The van der Waals surface area contributed by atoms with Gasteiger partial charge in [0.25, 0.3) is 0 Å². The fraction of sp³-hybridized carbons (Fsp3) is 0.830. The number of aliphatic carboxylic acids is 1. The monoisotopic (exact) mass is 791 g/mol. The second kappa shape index (κ2) is 41.9. The predicted octanol–water partition coefficient (Wildman–Crippen LogP) is 11.6. The quantitative estimate of drug-likeness (QED) is 0.0274. The molecule has 0 heterocycles. The molecule has 0 saturated carbocycles. The van der Waals surface area contributed by atoms with Gasteiger partial charge in [0.1, 0.15) is 12.1 Å². The van der Waals surface area contributed by atoms with E-state index in [4.69, 9.17) is 14.9 Å². The molecule has 0 aromatic heterocycles. The molecular weight excluding hydrogens is 705 g/mol. The van der Waals surface area contributed by atoms with Crippen molar-refractivity contribution in [2.24, 2.45) is 0 Å². The van der Waals surface area contributed by atoms with Crippen molar-refractivity contribution in [1.29, 1.82) is 0 Å². The largest absolute Gasteiger partial charge is 0.480 e. The van der Waals surface area contributed by atoms with Crippen LogP contribution in [0.25, 0.3) is 0 Å². The van der Waals surface area contributed by atoms with Crippen LogP contribution in [0.2, 0.25) is 0 Å². The highest BCUT2D eigenvalue weighted by Gasteiger charge is 2.18. The average molecular weight is 791 g/mol. The molecule has 2 amide bonds. The van der Waals surface area contributed by atoms with Gasteiger partial charge in [-0.05, 0) is 51.0 Å². The fourth-order valence-electron chi connectivity index (χ4n) is 6.84. The molecule has 56 heavy (non-hydrogen) atoms. The molecular formula is C47H86N2O7. The van der Waals surface area contributed by atoms with Crippen molar-refractivity contribution in [3.63, 3.8) is 0 Å². The zero-order chi connectivity index (χ0) is 41.2. The van der Waals surface area contributed by atoms with Gasteiger partial charge in [0.05, 0.1) is 13.2 Å². The molecule has 0 spiro atoms. The van der Waals surface area contributed by atoms with E-state index < -0.39 is 24.5 Å². The smallest absolute Gasteiger partial charge is 0.328 e. The van der Waals surface area contributed by atoms with Crippen LogP contribution in [0.15, 0.2) is 24.3 Å². The van der Waals surface area contributed by atoms with Crippen molar-refractivity contribution in [3.8, 4) is 0 Å². The molecule has 0 aromatic carbocycles. The minimum absolute atomic E-state index is 0.122. The predicted molar refractivity (Wildman–Crippen MR) is 232 cm³/mol. The third kappa shape index (κ3) is 38.2. The highest BCUT2D eigenvalue weighted by atomic mass is 16.5. The molecule has 0 saturated heterocycles. The van der Waals surface area contributed by atoms with Gasteiger partial charge in [-0.1, -0.05) is 186 Å². The number of rotatable bonds is 42. The van der Waals surface area contributed by atoms with Crippen LogP contribution in [-0.4, -0.2) is 59.3 Å². The van der Waals surface area contributed by atoms with E-state index in [1.165, 1.54) is 141 Å². The average Bonchev–Trinajstić information content (AvgIpc) is 3.18. The van der Waals surface area contributed by atoms with E-state index >= 15 is 0 Å². The molecule has 0 rings (SSSR count). The Hall–Kier alpha value is -2.68. The Bertz CT molecular complexity index is 999. The van der Waals surface area contributed by atoms with Crippen molar-refractivity contribution < 1.29 is 34.1 Å². The van der Waals surface area contributed by atoms with E-state index in [-0.39, 0.29) is 30.9 Å². The maximum absolute atomic E-state index is 12.8. The SMILES string of the molecule is CCCCCC/C=C\C/C=C\C(CCCCCCC(=O)NCC(=O)NC(CO)C(=O)O)OC(=O)CCCCCCCCCCCCCCCCCCCCCC. The van der Waals surface area contributed by atoms with Crippen molar-refractivity contribution >= 4 is 23.8 Å². The Morgan fingerprint density at radius 1 is 0.554 bits per heavy atom. The van der Waals surface area contributed by atoms with Gasteiger partial charge >= 0.3 is 11.9 Å². The number of hydrogen-bond donors (Lipinski definition) is 4. The summed E-state index contributed by atoms with van der Waals surface area (Å²) in [5, 5.41) is 22.6. The van der Waals surface area contributed by atoms with Gasteiger partial charge in [0.15, 0.2) is 0 Å². The van der Waals surface area contributed by atoms with E-state index in [2.05, 4.69) is 42.7 Å². The van der Waals surface area contributed by atoms with Gasteiger partial charge in [0.2, 0.25) is 11.8 Å². The van der Waals surface area contributed by atoms with Crippen LogP contribution in [0, 0.1) is 0 Å². The summed E-state index contributed by atoms with van der Waals surface area (Å²) >= 11 is 0. The van der Waals surface area contributed by atoms with Crippen LogP contribution in [0.4, 0.5) is 0 Å². The number of carbonyl (C=O) groups is 4. The number of allylic oxidation sites excluding steroid dienone is 3.